The number of likely N-dealkylation sites (N-methyl/N-ethyl adjacent to an activating group) is 1. The maximum absolute atomic E-state index is 12.9. The highest BCUT2D eigenvalue weighted by atomic mass is 31.2. The first kappa shape index (κ1) is 64.7. The number of quaternary nitrogens is 1. The number of aliphatic hydroxyl groups is 1. The van der Waals surface area contributed by atoms with Gasteiger partial charge in [0.25, 0.3) is 0 Å². The molecule has 0 saturated carbocycles. The molecule has 0 aliphatic rings. The van der Waals surface area contributed by atoms with Crippen molar-refractivity contribution in [1.29, 1.82) is 0 Å². The average molecular weight is 958 g/mol. The molecule has 0 aliphatic heterocycles. The monoisotopic (exact) mass is 958 g/mol. The summed E-state index contributed by atoms with van der Waals surface area (Å²) in [7, 11) is 1.53. The number of phosphoric acid groups is 1. The van der Waals surface area contributed by atoms with Crippen LogP contribution in [0.25, 0.3) is 0 Å². The third-order valence-electron chi connectivity index (χ3n) is 11.9. The Morgan fingerprint density at radius 3 is 1.31 bits per heavy atom. The van der Waals surface area contributed by atoms with Gasteiger partial charge in [0.2, 0.25) is 5.91 Å². The second-order valence-electron chi connectivity index (χ2n) is 19.6. The van der Waals surface area contributed by atoms with Crippen LogP contribution >= 0.6 is 7.82 Å². The Kier molecular flexibility index (Phi) is 47.0. The first-order valence-electron chi connectivity index (χ1n) is 27.5. The van der Waals surface area contributed by atoms with E-state index in [1.165, 1.54) is 128 Å². The van der Waals surface area contributed by atoms with Gasteiger partial charge in [0, 0.05) is 6.42 Å². The largest absolute Gasteiger partial charge is 0.472 e. The summed E-state index contributed by atoms with van der Waals surface area (Å²) in [4.78, 5) is 23.2. The van der Waals surface area contributed by atoms with Crippen molar-refractivity contribution >= 4 is 13.7 Å². The minimum atomic E-state index is -4.36. The maximum atomic E-state index is 12.9. The number of carbonyl (C=O) groups excluding carboxylic acids is 1. The van der Waals surface area contributed by atoms with E-state index >= 15 is 0 Å². The lowest BCUT2D eigenvalue weighted by Gasteiger charge is -2.25. The third-order valence-corrected chi connectivity index (χ3v) is 12.9. The molecule has 0 fully saturated rings. The van der Waals surface area contributed by atoms with E-state index in [4.69, 9.17) is 9.05 Å². The van der Waals surface area contributed by atoms with Crippen molar-refractivity contribution in [2.45, 2.75) is 238 Å². The molecule has 9 heteroatoms. The van der Waals surface area contributed by atoms with E-state index in [2.05, 4.69) is 92.1 Å². The van der Waals surface area contributed by atoms with Gasteiger partial charge < -0.3 is 19.8 Å². The minimum Gasteiger partial charge on any atom is -0.387 e. The normalized spacial score (nSPS) is 14.7. The fourth-order valence-electron chi connectivity index (χ4n) is 7.57. The summed E-state index contributed by atoms with van der Waals surface area (Å²) in [5.74, 6) is -0.220. The van der Waals surface area contributed by atoms with Gasteiger partial charge in [-0.15, -0.1) is 0 Å². The van der Waals surface area contributed by atoms with Crippen LogP contribution in [0.15, 0.2) is 85.1 Å². The minimum absolute atomic E-state index is 0.0487. The lowest BCUT2D eigenvalue weighted by Crippen LogP contribution is -2.45. The number of allylic oxidation sites excluding steroid dienone is 13. The van der Waals surface area contributed by atoms with E-state index in [9.17, 15) is 19.4 Å². The number of nitrogens with one attached hydrogen (secondary N) is 1. The number of rotatable bonds is 49. The van der Waals surface area contributed by atoms with Crippen LogP contribution in [0.2, 0.25) is 0 Å². The van der Waals surface area contributed by atoms with Crippen LogP contribution < -0.4 is 5.32 Å². The van der Waals surface area contributed by atoms with Crippen molar-refractivity contribution in [3.63, 3.8) is 0 Å². The first-order valence-corrected chi connectivity index (χ1v) is 29.0. The van der Waals surface area contributed by atoms with Crippen molar-refractivity contribution in [2.24, 2.45) is 0 Å². The lowest BCUT2D eigenvalue weighted by molar-refractivity contribution is -0.870. The summed E-state index contributed by atoms with van der Waals surface area (Å²) >= 11 is 0. The Morgan fingerprint density at radius 2 is 0.896 bits per heavy atom. The van der Waals surface area contributed by atoms with Crippen molar-refractivity contribution < 1.29 is 32.9 Å². The van der Waals surface area contributed by atoms with E-state index in [1.807, 2.05) is 27.2 Å². The number of aliphatic hydroxyl groups excluding tert-OH is 1. The average Bonchev–Trinajstić information content (AvgIpc) is 3.29. The number of carbonyl (C=O) groups is 1. The molecule has 3 unspecified atom stereocenters. The molecule has 388 valence electrons. The van der Waals surface area contributed by atoms with Gasteiger partial charge in [0.05, 0.1) is 39.9 Å². The van der Waals surface area contributed by atoms with Crippen LogP contribution in [0.5, 0.6) is 0 Å². The number of phosphoric ester groups is 1. The molecule has 8 nitrogen and oxygen atoms in total. The number of hydrogen-bond donors (Lipinski definition) is 3. The van der Waals surface area contributed by atoms with Gasteiger partial charge in [-0.3, -0.25) is 13.8 Å². The molecular weight excluding hydrogens is 852 g/mol. The molecule has 0 radical (unpaired) electrons. The van der Waals surface area contributed by atoms with Gasteiger partial charge in [0.15, 0.2) is 0 Å². The molecule has 0 aromatic carbocycles. The summed E-state index contributed by atoms with van der Waals surface area (Å²) in [6.45, 7) is 4.67. The molecule has 1 amide bonds. The Morgan fingerprint density at radius 1 is 0.522 bits per heavy atom. The Labute approximate surface area is 414 Å². The summed E-state index contributed by atoms with van der Waals surface area (Å²) in [5.41, 5.74) is 0. The molecule has 3 N–H and O–H groups in total. The molecule has 0 spiro atoms. The van der Waals surface area contributed by atoms with Crippen molar-refractivity contribution in [3.8, 4) is 0 Å². The van der Waals surface area contributed by atoms with Crippen molar-refractivity contribution in [3.05, 3.63) is 85.1 Å². The first-order chi connectivity index (χ1) is 32.5. The molecule has 0 aromatic rings. The second kappa shape index (κ2) is 48.7. The summed E-state index contributed by atoms with van der Waals surface area (Å²) < 4.78 is 23.7. The van der Waals surface area contributed by atoms with Gasteiger partial charge in [-0.25, -0.2) is 4.57 Å². The van der Waals surface area contributed by atoms with Crippen LogP contribution in [-0.2, 0) is 18.4 Å². The summed E-state index contributed by atoms with van der Waals surface area (Å²) in [6, 6.07) is -0.876. The van der Waals surface area contributed by atoms with Crippen LogP contribution in [0.1, 0.15) is 226 Å². The predicted octanol–water partition coefficient (Wildman–Crippen LogP) is 16.5. The molecule has 0 heterocycles. The number of hydrogen-bond acceptors (Lipinski definition) is 5. The highest BCUT2D eigenvalue weighted by Gasteiger charge is 2.27. The lowest BCUT2D eigenvalue weighted by atomic mass is 10.0. The zero-order chi connectivity index (χ0) is 49.2. The van der Waals surface area contributed by atoms with Gasteiger partial charge >= 0.3 is 7.82 Å². The molecular formula is C58H106N2O6P+. The van der Waals surface area contributed by atoms with E-state index in [0.29, 0.717) is 23.9 Å². The van der Waals surface area contributed by atoms with Crippen molar-refractivity contribution in [2.75, 3.05) is 40.9 Å². The van der Waals surface area contributed by atoms with E-state index in [-0.39, 0.29) is 19.1 Å². The Hall–Kier alpha value is -2.32. The van der Waals surface area contributed by atoms with Gasteiger partial charge in [0.1, 0.15) is 13.2 Å². The number of unbranched alkanes of at least 4 members (excludes halogenated alkanes) is 24. The Balaban J connectivity index is 4.35. The highest BCUT2D eigenvalue weighted by Crippen LogP contribution is 2.43. The standard InChI is InChI=1S/C58H105N2O6P/c1-6-8-10-12-14-16-18-20-22-24-26-28-29-30-32-33-35-37-39-41-43-45-47-49-51-57(61)56(55-66-67(63,64)65-54-53-60(3,4)5)59-58(62)52-50-48-46-44-42-40-38-36-34-31-27-25-23-21-19-17-15-13-11-9-7-2/h9,11,15,17,21,23,27,31,36,38,42,44,49,51,56-57,61H,6-8,10,12-14,16,18-20,22,24-26,28-30,32-35,37,39-41,43,45-48,50,52-55H2,1-5H3,(H-,59,62,63,64)/p+1/b11-9-,17-15-,23-21-,31-27-,38-36-,44-42-,51-49+. The maximum Gasteiger partial charge on any atom is 0.472 e. The fourth-order valence-corrected chi connectivity index (χ4v) is 8.31. The molecule has 67 heavy (non-hydrogen) atoms. The topological polar surface area (TPSA) is 105 Å². The zero-order valence-corrected chi connectivity index (χ0v) is 45.0. The molecule has 0 saturated heterocycles. The van der Waals surface area contributed by atoms with Crippen molar-refractivity contribution in [1.82, 2.24) is 5.32 Å². The Bertz CT molecular complexity index is 1360. The predicted molar refractivity (Wildman–Crippen MR) is 290 cm³/mol. The second-order valence-corrected chi connectivity index (χ2v) is 21.0. The molecule has 0 aliphatic carbocycles. The van der Waals surface area contributed by atoms with Crippen LogP contribution in [-0.4, -0.2) is 73.4 Å². The fraction of sp³-hybridized carbons (Fsp3) is 0.741. The zero-order valence-electron chi connectivity index (χ0n) is 44.1. The summed E-state index contributed by atoms with van der Waals surface area (Å²) in [5, 5.41) is 13.9. The van der Waals surface area contributed by atoms with Crippen LogP contribution in [0, 0.1) is 0 Å². The summed E-state index contributed by atoms with van der Waals surface area (Å²) in [6.07, 6.45) is 68.2. The van der Waals surface area contributed by atoms with E-state index in [1.54, 1.807) is 6.08 Å². The number of nitrogens with zero attached hydrogens (tertiary/aromatic N) is 1. The quantitative estimate of drug-likeness (QED) is 0.0243. The van der Waals surface area contributed by atoms with Gasteiger partial charge in [-0.05, 0) is 70.6 Å². The smallest absolute Gasteiger partial charge is 0.387 e. The molecule has 0 bridgehead atoms. The van der Waals surface area contributed by atoms with Gasteiger partial charge in [-0.1, -0.05) is 234 Å². The molecule has 0 aromatic heterocycles. The SMILES string of the molecule is CC/C=C\C/C=C\C/C=C\C/C=C\C/C=C\C/C=C\CCCCC(=O)NC(COP(=O)(O)OCC[N+](C)(C)C)C(O)/C=C/CCCCCCCCCCCCCCCCCCCCCCCC. The highest BCUT2D eigenvalue weighted by molar-refractivity contribution is 7.47. The van der Waals surface area contributed by atoms with Crippen LogP contribution in [0.4, 0.5) is 0 Å². The van der Waals surface area contributed by atoms with Crippen LogP contribution in [0.3, 0.4) is 0 Å². The van der Waals surface area contributed by atoms with E-state index < -0.39 is 20.0 Å². The third kappa shape index (κ3) is 51.4. The number of amides is 1. The molecule has 0 rings (SSSR count). The molecule has 3 atom stereocenters. The van der Waals surface area contributed by atoms with E-state index in [0.717, 1.165) is 70.6 Å². The van der Waals surface area contributed by atoms with Gasteiger partial charge in [-0.2, -0.15) is 0 Å².